The Kier molecular flexibility index (Phi) is 6.39. The maximum Gasteiger partial charge on any atom is 0.111 e. The Bertz CT molecular complexity index is 236. The summed E-state index contributed by atoms with van der Waals surface area (Å²) < 4.78 is 10.2. The molecule has 18 heavy (non-hydrogen) atoms. The molecule has 0 amide bonds. The van der Waals surface area contributed by atoms with Crippen LogP contribution in [-0.4, -0.2) is 93.7 Å². The largest absolute Gasteiger partial charge is 0.394 e. The number of ether oxygens (including phenoxy) is 2. The van der Waals surface area contributed by atoms with E-state index in [0.717, 1.165) is 0 Å². The van der Waals surface area contributed by atoms with Gasteiger partial charge in [0.15, 0.2) is 0 Å². The summed E-state index contributed by atoms with van der Waals surface area (Å²) in [6, 6.07) is 0. The molecule has 0 aromatic carbocycles. The number of hydrogen-bond donors (Lipinski definition) is 6. The van der Waals surface area contributed by atoms with Crippen LogP contribution in [-0.2, 0) is 9.47 Å². The van der Waals surface area contributed by atoms with Gasteiger partial charge in [-0.1, -0.05) is 0 Å². The van der Waals surface area contributed by atoms with E-state index in [9.17, 15) is 15.3 Å². The minimum atomic E-state index is -1.44. The van der Waals surface area contributed by atoms with E-state index in [0.29, 0.717) is 0 Å². The van der Waals surface area contributed by atoms with Crippen LogP contribution in [0.3, 0.4) is 0 Å². The first-order chi connectivity index (χ1) is 8.51. The van der Waals surface area contributed by atoms with Crippen LogP contribution >= 0.6 is 0 Å². The summed E-state index contributed by atoms with van der Waals surface area (Å²) in [4.78, 5) is 0. The van der Waals surface area contributed by atoms with Crippen molar-refractivity contribution in [1.82, 2.24) is 0 Å². The Labute approximate surface area is 104 Å². The molecule has 1 heterocycles. The van der Waals surface area contributed by atoms with Gasteiger partial charge in [-0.2, -0.15) is 0 Å². The molecule has 4 unspecified atom stereocenters. The Balaban J connectivity index is 2.44. The molecule has 1 rings (SSSR count). The van der Waals surface area contributed by atoms with Crippen LogP contribution in [0.4, 0.5) is 0 Å². The van der Waals surface area contributed by atoms with Crippen LogP contribution in [0.2, 0.25) is 0 Å². The molecule has 8 nitrogen and oxygen atoms in total. The van der Waals surface area contributed by atoms with Gasteiger partial charge in [0.1, 0.15) is 36.6 Å². The zero-order valence-electron chi connectivity index (χ0n) is 9.79. The standard InChI is InChI=1S/C10H20O8/c11-1-5(13)3-17-4-7-9(15)10(16)8(14)6(2-12)18-7/h5-16H,1-4H2/t5?,6?,7-,8-,9?,10?/m1/s1. The van der Waals surface area contributed by atoms with Crippen molar-refractivity contribution < 1.29 is 40.1 Å². The van der Waals surface area contributed by atoms with E-state index in [1.807, 2.05) is 0 Å². The zero-order valence-corrected chi connectivity index (χ0v) is 9.79. The van der Waals surface area contributed by atoms with Gasteiger partial charge < -0.3 is 40.1 Å². The third-order valence-electron chi connectivity index (χ3n) is 2.79. The normalized spacial score (nSPS) is 38.7. The van der Waals surface area contributed by atoms with E-state index in [1.165, 1.54) is 0 Å². The first kappa shape index (κ1) is 15.7. The zero-order chi connectivity index (χ0) is 13.7. The molecular formula is C10H20O8. The Morgan fingerprint density at radius 3 is 2.17 bits per heavy atom. The molecule has 0 bridgehead atoms. The van der Waals surface area contributed by atoms with Gasteiger partial charge in [0.2, 0.25) is 0 Å². The third kappa shape index (κ3) is 3.84. The van der Waals surface area contributed by atoms with Crippen molar-refractivity contribution in [1.29, 1.82) is 0 Å². The lowest BCUT2D eigenvalue weighted by Crippen LogP contribution is -2.59. The smallest absolute Gasteiger partial charge is 0.111 e. The molecule has 1 aliphatic heterocycles. The van der Waals surface area contributed by atoms with Gasteiger partial charge in [-0.05, 0) is 0 Å². The maximum atomic E-state index is 9.64. The third-order valence-corrected chi connectivity index (χ3v) is 2.79. The van der Waals surface area contributed by atoms with E-state index in [-0.39, 0.29) is 13.2 Å². The van der Waals surface area contributed by atoms with Gasteiger partial charge in [-0.3, -0.25) is 0 Å². The lowest BCUT2D eigenvalue weighted by molar-refractivity contribution is -0.240. The second kappa shape index (κ2) is 7.31. The summed E-state index contributed by atoms with van der Waals surface area (Å²) >= 11 is 0. The van der Waals surface area contributed by atoms with E-state index in [1.54, 1.807) is 0 Å². The topological polar surface area (TPSA) is 140 Å². The Morgan fingerprint density at radius 2 is 1.61 bits per heavy atom. The molecule has 1 saturated heterocycles. The molecule has 0 aromatic rings. The van der Waals surface area contributed by atoms with Crippen molar-refractivity contribution in [3.05, 3.63) is 0 Å². The lowest BCUT2D eigenvalue weighted by atomic mass is 9.95. The fourth-order valence-electron chi connectivity index (χ4n) is 1.69. The highest BCUT2D eigenvalue weighted by Gasteiger charge is 2.43. The average Bonchev–Trinajstić information content (AvgIpc) is 2.38. The highest BCUT2D eigenvalue weighted by molar-refractivity contribution is 4.91. The van der Waals surface area contributed by atoms with Crippen LogP contribution in [0.15, 0.2) is 0 Å². The second-order valence-electron chi connectivity index (χ2n) is 4.24. The monoisotopic (exact) mass is 268 g/mol. The van der Waals surface area contributed by atoms with Gasteiger partial charge >= 0.3 is 0 Å². The molecule has 6 atom stereocenters. The molecule has 0 spiro atoms. The minimum Gasteiger partial charge on any atom is -0.394 e. The Morgan fingerprint density at radius 1 is 1.00 bits per heavy atom. The summed E-state index contributed by atoms with van der Waals surface area (Å²) in [5.74, 6) is 0. The summed E-state index contributed by atoms with van der Waals surface area (Å²) in [5, 5.41) is 55.2. The molecule has 1 fully saturated rings. The minimum absolute atomic E-state index is 0.140. The van der Waals surface area contributed by atoms with Crippen LogP contribution in [0.5, 0.6) is 0 Å². The van der Waals surface area contributed by atoms with Crippen molar-refractivity contribution in [2.45, 2.75) is 36.6 Å². The van der Waals surface area contributed by atoms with Gasteiger partial charge in [0, 0.05) is 0 Å². The van der Waals surface area contributed by atoms with Gasteiger partial charge in [-0.15, -0.1) is 0 Å². The second-order valence-corrected chi connectivity index (χ2v) is 4.24. The first-order valence-corrected chi connectivity index (χ1v) is 5.68. The number of aliphatic hydroxyl groups is 6. The highest BCUT2D eigenvalue weighted by Crippen LogP contribution is 2.21. The number of hydrogen-bond acceptors (Lipinski definition) is 8. The summed E-state index contributed by atoms with van der Waals surface area (Å²) in [6.45, 7) is -1.24. The quantitative estimate of drug-likeness (QED) is 0.288. The van der Waals surface area contributed by atoms with Crippen molar-refractivity contribution in [2.75, 3.05) is 26.4 Å². The first-order valence-electron chi connectivity index (χ1n) is 5.68. The van der Waals surface area contributed by atoms with Crippen molar-refractivity contribution in [3.8, 4) is 0 Å². The fraction of sp³-hybridized carbons (Fsp3) is 1.00. The SMILES string of the molecule is OCC(O)COC[C@H]1OC(CO)[C@@H](O)C(O)C1O. The molecular weight excluding hydrogens is 248 g/mol. The molecule has 1 aliphatic rings. The molecule has 0 aromatic heterocycles. The van der Waals surface area contributed by atoms with E-state index in [4.69, 9.17) is 24.8 Å². The van der Waals surface area contributed by atoms with Crippen LogP contribution in [0, 0.1) is 0 Å². The van der Waals surface area contributed by atoms with Gasteiger partial charge in [-0.25, -0.2) is 0 Å². The lowest BCUT2D eigenvalue weighted by Gasteiger charge is -2.39. The van der Waals surface area contributed by atoms with Gasteiger partial charge in [0.05, 0.1) is 26.4 Å². The molecule has 108 valence electrons. The molecule has 6 N–H and O–H groups in total. The van der Waals surface area contributed by atoms with E-state index < -0.39 is 49.8 Å². The Hall–Kier alpha value is -0.320. The van der Waals surface area contributed by atoms with E-state index in [2.05, 4.69) is 0 Å². The number of aliphatic hydroxyl groups excluding tert-OH is 6. The highest BCUT2D eigenvalue weighted by atomic mass is 16.6. The fourth-order valence-corrected chi connectivity index (χ4v) is 1.69. The molecule has 8 heteroatoms. The average molecular weight is 268 g/mol. The summed E-state index contributed by atoms with van der Waals surface area (Å²) in [6.07, 6.45) is -7.12. The number of rotatable bonds is 6. The molecule has 0 radical (unpaired) electrons. The van der Waals surface area contributed by atoms with Crippen LogP contribution in [0.25, 0.3) is 0 Å². The van der Waals surface area contributed by atoms with Crippen LogP contribution in [0.1, 0.15) is 0 Å². The molecule has 0 saturated carbocycles. The van der Waals surface area contributed by atoms with Crippen molar-refractivity contribution >= 4 is 0 Å². The molecule has 0 aliphatic carbocycles. The summed E-state index contributed by atoms with van der Waals surface area (Å²) in [7, 11) is 0. The van der Waals surface area contributed by atoms with E-state index >= 15 is 0 Å². The van der Waals surface area contributed by atoms with Crippen molar-refractivity contribution in [3.63, 3.8) is 0 Å². The maximum absolute atomic E-state index is 9.64. The summed E-state index contributed by atoms with van der Waals surface area (Å²) in [5.41, 5.74) is 0. The van der Waals surface area contributed by atoms with Crippen LogP contribution < -0.4 is 0 Å². The predicted octanol–water partition coefficient (Wildman–Crippen LogP) is -3.80. The van der Waals surface area contributed by atoms with Gasteiger partial charge in [0.25, 0.3) is 0 Å². The van der Waals surface area contributed by atoms with Crippen molar-refractivity contribution in [2.24, 2.45) is 0 Å². The predicted molar refractivity (Wildman–Crippen MR) is 57.7 cm³/mol.